The minimum atomic E-state index is -5.20. The first-order chi connectivity index (χ1) is 7.27. The van der Waals surface area contributed by atoms with E-state index in [0.717, 1.165) is 0 Å². The van der Waals surface area contributed by atoms with Crippen LogP contribution in [0.5, 0.6) is 0 Å². The fraction of sp³-hybridized carbons (Fsp3) is 0.714. The molecule has 0 heterocycles. The molecule has 0 bridgehead atoms. The Hall–Kier alpha value is -1.35. The fourth-order valence-corrected chi connectivity index (χ4v) is 0.666. The van der Waals surface area contributed by atoms with Gasteiger partial charge in [0.15, 0.2) is 0 Å². The van der Waals surface area contributed by atoms with Gasteiger partial charge in [-0.15, -0.1) is 0 Å². The lowest BCUT2D eigenvalue weighted by molar-refractivity contribution is -0.192. The molecule has 0 radical (unpaired) electrons. The summed E-state index contributed by atoms with van der Waals surface area (Å²) in [6.45, 7) is -0.0642. The topological polar surface area (TPSA) is 90.7 Å². The second kappa shape index (κ2) is 6.28. The van der Waals surface area contributed by atoms with E-state index in [1.807, 2.05) is 5.32 Å². The molecular formula is C7H11F3N2O4. The molecule has 0 aromatic carbocycles. The molecule has 3 N–H and O–H groups in total. The predicted molar refractivity (Wildman–Crippen MR) is 45.4 cm³/mol. The lowest BCUT2D eigenvalue weighted by Gasteiger charge is -2.11. The van der Waals surface area contributed by atoms with Gasteiger partial charge in [-0.2, -0.15) is 13.2 Å². The third kappa shape index (κ3) is 6.19. The van der Waals surface area contributed by atoms with Crippen LogP contribution in [-0.2, 0) is 14.3 Å². The van der Waals surface area contributed by atoms with Crippen LogP contribution in [0.15, 0.2) is 0 Å². The van der Waals surface area contributed by atoms with E-state index < -0.39 is 24.3 Å². The van der Waals surface area contributed by atoms with E-state index >= 15 is 0 Å². The van der Waals surface area contributed by atoms with Gasteiger partial charge in [-0.1, -0.05) is 0 Å². The lowest BCUT2D eigenvalue weighted by atomic mass is 10.3. The highest BCUT2D eigenvalue weighted by Gasteiger charge is 2.42. The number of carbonyl (C=O) groups excluding carboxylic acids is 2. The molecule has 0 saturated carbocycles. The highest BCUT2D eigenvalue weighted by Crippen LogP contribution is 2.16. The number of hydrogen-bond acceptors (Lipinski definition) is 5. The number of alkyl halides is 3. The molecule has 0 spiro atoms. The number of nitrogens with two attached hydrogens (primary N) is 1. The Labute approximate surface area is 88.9 Å². The minimum absolute atomic E-state index is 0.105. The van der Waals surface area contributed by atoms with Crippen molar-refractivity contribution < 1.29 is 32.2 Å². The average Bonchev–Trinajstić information content (AvgIpc) is 2.13. The van der Waals surface area contributed by atoms with Crippen LogP contribution >= 0.6 is 0 Å². The zero-order valence-electron chi connectivity index (χ0n) is 8.34. The summed E-state index contributed by atoms with van der Waals surface area (Å²) in [7, 11) is 1.37. The van der Waals surface area contributed by atoms with Crippen molar-refractivity contribution in [2.75, 3.05) is 20.3 Å². The van der Waals surface area contributed by atoms with E-state index in [1.54, 1.807) is 0 Å². The molecule has 94 valence electrons. The van der Waals surface area contributed by atoms with E-state index in [9.17, 15) is 22.8 Å². The van der Waals surface area contributed by atoms with E-state index in [4.69, 9.17) is 5.73 Å². The van der Waals surface area contributed by atoms with Gasteiger partial charge in [0.2, 0.25) is 0 Å². The summed E-state index contributed by atoms with van der Waals surface area (Å²) in [5.41, 5.74) is 5.35. The largest absolute Gasteiger partial charge is 0.491 e. The van der Waals surface area contributed by atoms with Crippen molar-refractivity contribution in [1.82, 2.24) is 5.32 Å². The first-order valence-electron chi connectivity index (χ1n) is 4.08. The van der Waals surface area contributed by atoms with Gasteiger partial charge in [0.1, 0.15) is 0 Å². The third-order valence-electron chi connectivity index (χ3n) is 1.31. The standard InChI is InChI=1S/C7H11F3N2O4/c1-15-3-4(11)2-12-6(14)16-5(13)7(8,9)10/h4H,2-3,11H2,1H3,(H,12,14). The maximum absolute atomic E-state index is 11.6. The molecular weight excluding hydrogens is 233 g/mol. The van der Waals surface area contributed by atoms with Gasteiger partial charge in [-0.25, -0.2) is 9.59 Å². The maximum atomic E-state index is 11.6. The third-order valence-corrected chi connectivity index (χ3v) is 1.31. The van der Waals surface area contributed by atoms with E-state index in [0.29, 0.717) is 0 Å². The van der Waals surface area contributed by atoms with Crippen molar-refractivity contribution in [2.24, 2.45) is 5.73 Å². The number of ether oxygens (including phenoxy) is 2. The maximum Gasteiger partial charge on any atom is 0.491 e. The summed E-state index contributed by atoms with van der Waals surface area (Å²) in [5.74, 6) is -2.58. The number of rotatable bonds is 4. The monoisotopic (exact) mass is 244 g/mol. The van der Waals surface area contributed by atoms with Gasteiger partial charge < -0.3 is 20.5 Å². The highest BCUT2D eigenvalue weighted by atomic mass is 19.4. The molecule has 0 rings (SSSR count). The van der Waals surface area contributed by atoms with Crippen molar-refractivity contribution in [2.45, 2.75) is 12.2 Å². The van der Waals surface area contributed by atoms with Gasteiger partial charge in [-0.3, -0.25) is 0 Å². The number of methoxy groups -OCH3 is 1. The van der Waals surface area contributed by atoms with Gasteiger partial charge in [0.25, 0.3) is 0 Å². The summed E-state index contributed by atoms with van der Waals surface area (Å²) in [4.78, 5) is 20.8. The fourth-order valence-electron chi connectivity index (χ4n) is 0.666. The summed E-state index contributed by atoms with van der Waals surface area (Å²) in [6, 6.07) is -0.599. The van der Waals surface area contributed by atoms with Gasteiger partial charge >= 0.3 is 18.2 Å². The molecule has 9 heteroatoms. The summed E-state index contributed by atoms with van der Waals surface area (Å²) >= 11 is 0. The zero-order chi connectivity index (χ0) is 12.8. The van der Waals surface area contributed by atoms with Crippen molar-refractivity contribution >= 4 is 12.1 Å². The van der Waals surface area contributed by atoms with E-state index in [-0.39, 0.29) is 13.2 Å². The molecule has 0 aliphatic carbocycles. The molecule has 6 nitrogen and oxygen atoms in total. The molecule has 1 atom stereocenters. The SMILES string of the molecule is COCC(N)CNC(=O)OC(=O)C(F)(F)F. The molecule has 0 aliphatic heterocycles. The Bertz CT molecular complexity index is 257. The number of alkyl carbamates (subject to hydrolysis) is 1. The second-order valence-corrected chi connectivity index (χ2v) is 2.77. The molecule has 0 aliphatic rings. The van der Waals surface area contributed by atoms with Crippen LogP contribution < -0.4 is 11.1 Å². The highest BCUT2D eigenvalue weighted by molar-refractivity contribution is 5.87. The van der Waals surface area contributed by atoms with Crippen molar-refractivity contribution in [1.29, 1.82) is 0 Å². The Morgan fingerprint density at radius 2 is 2.00 bits per heavy atom. The zero-order valence-corrected chi connectivity index (χ0v) is 8.34. The molecule has 0 fully saturated rings. The van der Waals surface area contributed by atoms with Crippen LogP contribution in [0.25, 0.3) is 0 Å². The number of amides is 1. The van der Waals surface area contributed by atoms with Gasteiger partial charge in [0.05, 0.1) is 6.61 Å². The molecule has 0 aromatic rings. The molecule has 0 aromatic heterocycles. The van der Waals surface area contributed by atoms with Crippen LogP contribution in [0.3, 0.4) is 0 Å². The molecule has 0 saturated heterocycles. The molecule has 1 amide bonds. The summed E-state index contributed by atoms with van der Waals surface area (Å²) in [5, 5.41) is 1.88. The van der Waals surface area contributed by atoms with Gasteiger partial charge in [0, 0.05) is 19.7 Å². The average molecular weight is 244 g/mol. The van der Waals surface area contributed by atoms with Crippen LogP contribution in [0, 0.1) is 0 Å². The van der Waals surface area contributed by atoms with Crippen LogP contribution in [0.4, 0.5) is 18.0 Å². The number of hydrogen-bond donors (Lipinski definition) is 2. The summed E-state index contributed by atoms with van der Waals surface area (Å²) < 4.78 is 42.9. The number of esters is 1. The number of halogens is 3. The Morgan fingerprint density at radius 1 is 1.44 bits per heavy atom. The second-order valence-electron chi connectivity index (χ2n) is 2.77. The molecule has 1 unspecified atom stereocenters. The van der Waals surface area contributed by atoms with Gasteiger partial charge in [-0.05, 0) is 0 Å². The normalized spacial score (nSPS) is 13.1. The first kappa shape index (κ1) is 14.6. The smallest absolute Gasteiger partial charge is 0.383 e. The van der Waals surface area contributed by atoms with E-state index in [2.05, 4.69) is 9.47 Å². The van der Waals surface area contributed by atoms with Crippen LogP contribution in [-0.4, -0.2) is 44.5 Å². The van der Waals surface area contributed by atoms with Crippen molar-refractivity contribution in [3.8, 4) is 0 Å². The van der Waals surface area contributed by atoms with Crippen LogP contribution in [0.1, 0.15) is 0 Å². The predicted octanol–water partition coefficient (Wildman–Crippen LogP) is -0.225. The van der Waals surface area contributed by atoms with E-state index in [1.165, 1.54) is 7.11 Å². The Balaban J connectivity index is 3.88. The van der Waals surface area contributed by atoms with Crippen LogP contribution in [0.2, 0.25) is 0 Å². The quantitative estimate of drug-likeness (QED) is 0.526. The molecule has 16 heavy (non-hydrogen) atoms. The van der Waals surface area contributed by atoms with Crippen molar-refractivity contribution in [3.05, 3.63) is 0 Å². The minimum Gasteiger partial charge on any atom is -0.383 e. The number of nitrogens with one attached hydrogen (secondary N) is 1. The number of carbonyl (C=O) groups is 2. The lowest BCUT2D eigenvalue weighted by Crippen LogP contribution is -2.42. The summed E-state index contributed by atoms with van der Waals surface area (Å²) in [6.07, 6.45) is -6.71. The Kier molecular flexibility index (Phi) is 5.75. The Morgan fingerprint density at radius 3 is 2.44 bits per heavy atom. The van der Waals surface area contributed by atoms with Crippen molar-refractivity contribution in [3.63, 3.8) is 0 Å². The first-order valence-corrected chi connectivity index (χ1v) is 4.08.